The van der Waals surface area contributed by atoms with Crippen LogP contribution >= 0.6 is 0 Å². The highest BCUT2D eigenvalue weighted by molar-refractivity contribution is 5.79. The van der Waals surface area contributed by atoms with Crippen molar-refractivity contribution >= 4 is 5.91 Å². The first kappa shape index (κ1) is 13.6. The first-order chi connectivity index (χ1) is 9.65. The number of amides is 1. The van der Waals surface area contributed by atoms with Crippen molar-refractivity contribution in [3.8, 4) is 0 Å². The van der Waals surface area contributed by atoms with Crippen LogP contribution in [0, 0.1) is 12.8 Å². The summed E-state index contributed by atoms with van der Waals surface area (Å²) in [6, 6.07) is 8.62. The number of morpholine rings is 1. The molecule has 108 valence electrons. The van der Waals surface area contributed by atoms with Crippen LogP contribution in [0.5, 0.6) is 0 Å². The van der Waals surface area contributed by atoms with Crippen molar-refractivity contribution in [1.82, 2.24) is 10.2 Å². The van der Waals surface area contributed by atoms with Gasteiger partial charge in [-0.15, -0.1) is 0 Å². The topological polar surface area (TPSA) is 41.6 Å². The summed E-state index contributed by atoms with van der Waals surface area (Å²) in [5.41, 5.74) is 2.63. The summed E-state index contributed by atoms with van der Waals surface area (Å²) in [5.74, 6) is 0.141. The normalized spacial score (nSPS) is 29.4. The monoisotopic (exact) mass is 274 g/mol. The molecule has 0 aromatic heterocycles. The van der Waals surface area contributed by atoms with Gasteiger partial charge in [-0.3, -0.25) is 9.69 Å². The smallest absolute Gasteiger partial charge is 0.225 e. The number of nitrogens with zero attached hydrogens (tertiary/aromatic N) is 1. The summed E-state index contributed by atoms with van der Waals surface area (Å²) in [6.45, 7) is 4.84. The van der Waals surface area contributed by atoms with Gasteiger partial charge in [0.05, 0.1) is 18.1 Å². The number of benzene rings is 1. The molecule has 4 nitrogen and oxygen atoms in total. The van der Waals surface area contributed by atoms with Crippen molar-refractivity contribution in [3.05, 3.63) is 35.4 Å². The molecule has 0 spiro atoms. The molecule has 2 aliphatic rings. The van der Waals surface area contributed by atoms with Gasteiger partial charge in [0.15, 0.2) is 0 Å². The highest BCUT2D eigenvalue weighted by atomic mass is 16.5. The fourth-order valence-electron chi connectivity index (χ4n) is 3.40. The summed E-state index contributed by atoms with van der Waals surface area (Å²) < 4.78 is 5.92. The first-order valence-electron chi connectivity index (χ1n) is 7.30. The molecule has 2 heterocycles. The molecular formula is C16H22N2O2. The van der Waals surface area contributed by atoms with Gasteiger partial charge in [-0.2, -0.15) is 0 Å². The molecular weight excluding hydrogens is 252 g/mol. The maximum atomic E-state index is 11.9. The molecule has 0 radical (unpaired) electrons. The van der Waals surface area contributed by atoms with E-state index in [2.05, 4.69) is 41.4 Å². The fourth-order valence-corrected chi connectivity index (χ4v) is 3.40. The molecule has 0 saturated carbocycles. The van der Waals surface area contributed by atoms with Crippen LogP contribution in [0.1, 0.15) is 17.5 Å². The zero-order valence-electron chi connectivity index (χ0n) is 12.1. The lowest BCUT2D eigenvalue weighted by atomic mass is 10.00. The number of carbonyl (C=O) groups is 1. The SMILES string of the molecule is CNC(=O)[C@H]1C[C@@H]2CN(Cc3cccc(C)c3)C[C@H]1O2. The van der Waals surface area contributed by atoms with E-state index in [4.69, 9.17) is 4.74 Å². The van der Waals surface area contributed by atoms with Crippen molar-refractivity contribution in [2.24, 2.45) is 5.92 Å². The Balaban J connectivity index is 1.65. The van der Waals surface area contributed by atoms with Crippen LogP contribution in [-0.2, 0) is 16.1 Å². The number of ether oxygens (including phenoxy) is 1. The molecule has 0 aliphatic carbocycles. The van der Waals surface area contributed by atoms with Crippen LogP contribution in [0.15, 0.2) is 24.3 Å². The highest BCUT2D eigenvalue weighted by Gasteiger charge is 2.44. The zero-order valence-corrected chi connectivity index (χ0v) is 12.1. The maximum absolute atomic E-state index is 11.9. The van der Waals surface area contributed by atoms with Gasteiger partial charge >= 0.3 is 0 Å². The van der Waals surface area contributed by atoms with Crippen LogP contribution in [-0.4, -0.2) is 43.2 Å². The molecule has 1 amide bonds. The minimum atomic E-state index is 0.0208. The maximum Gasteiger partial charge on any atom is 0.225 e. The summed E-state index contributed by atoms with van der Waals surface area (Å²) in [6.07, 6.45) is 1.12. The Hall–Kier alpha value is -1.39. The fraction of sp³-hybridized carbons (Fsp3) is 0.562. The van der Waals surface area contributed by atoms with Gasteiger partial charge in [0.1, 0.15) is 0 Å². The second kappa shape index (κ2) is 5.54. The number of nitrogens with one attached hydrogen (secondary N) is 1. The second-order valence-corrected chi connectivity index (χ2v) is 5.94. The highest BCUT2D eigenvalue weighted by Crippen LogP contribution is 2.32. The number of fused-ring (bicyclic) bond motifs is 2. The van der Waals surface area contributed by atoms with Crippen molar-refractivity contribution < 1.29 is 9.53 Å². The van der Waals surface area contributed by atoms with Crippen LogP contribution < -0.4 is 5.32 Å². The lowest BCUT2D eigenvalue weighted by molar-refractivity contribution is -0.127. The van der Waals surface area contributed by atoms with Crippen LogP contribution in [0.3, 0.4) is 0 Å². The van der Waals surface area contributed by atoms with E-state index in [1.54, 1.807) is 7.05 Å². The standard InChI is InChI=1S/C16H22N2O2/c1-11-4-3-5-12(6-11)8-18-9-13-7-14(16(19)17-2)15(10-18)20-13/h3-6,13-15H,7-10H2,1-2H3,(H,17,19)/t13-,14+,15-/m1/s1. The van der Waals surface area contributed by atoms with Gasteiger partial charge in [0.2, 0.25) is 5.91 Å². The minimum Gasteiger partial charge on any atom is -0.371 e. The molecule has 0 unspecified atom stereocenters. The van der Waals surface area contributed by atoms with E-state index in [0.29, 0.717) is 0 Å². The van der Waals surface area contributed by atoms with Crippen LogP contribution in [0.25, 0.3) is 0 Å². The number of hydrogen-bond donors (Lipinski definition) is 1. The van der Waals surface area contributed by atoms with Gasteiger partial charge in [0.25, 0.3) is 0 Å². The summed E-state index contributed by atoms with van der Waals surface area (Å²) in [7, 11) is 1.70. The molecule has 1 N–H and O–H groups in total. The Labute approximate surface area is 120 Å². The zero-order chi connectivity index (χ0) is 14.1. The number of hydrogen-bond acceptors (Lipinski definition) is 3. The quantitative estimate of drug-likeness (QED) is 0.904. The number of likely N-dealkylation sites (tertiary alicyclic amines) is 1. The van der Waals surface area contributed by atoms with Gasteiger partial charge in [-0.25, -0.2) is 0 Å². The van der Waals surface area contributed by atoms with E-state index in [1.165, 1.54) is 11.1 Å². The molecule has 3 atom stereocenters. The van der Waals surface area contributed by atoms with E-state index in [0.717, 1.165) is 26.1 Å². The van der Waals surface area contributed by atoms with Crippen molar-refractivity contribution in [3.63, 3.8) is 0 Å². The Morgan fingerprint density at radius 2 is 2.30 bits per heavy atom. The Morgan fingerprint density at radius 1 is 1.45 bits per heavy atom. The third kappa shape index (κ3) is 2.72. The van der Waals surface area contributed by atoms with Gasteiger partial charge in [-0.05, 0) is 18.9 Å². The van der Waals surface area contributed by atoms with Crippen molar-refractivity contribution in [1.29, 1.82) is 0 Å². The van der Waals surface area contributed by atoms with E-state index < -0.39 is 0 Å². The lowest BCUT2D eigenvalue weighted by Gasteiger charge is -2.32. The Bertz CT molecular complexity index is 503. The molecule has 3 rings (SSSR count). The molecule has 2 saturated heterocycles. The van der Waals surface area contributed by atoms with E-state index >= 15 is 0 Å². The largest absolute Gasteiger partial charge is 0.371 e. The van der Waals surface area contributed by atoms with E-state index in [1.807, 2.05) is 0 Å². The predicted molar refractivity (Wildman–Crippen MR) is 77.3 cm³/mol. The van der Waals surface area contributed by atoms with Crippen molar-refractivity contribution in [2.45, 2.75) is 32.1 Å². The average molecular weight is 274 g/mol. The van der Waals surface area contributed by atoms with Gasteiger partial charge in [0, 0.05) is 26.7 Å². The second-order valence-electron chi connectivity index (χ2n) is 5.94. The summed E-state index contributed by atoms with van der Waals surface area (Å²) >= 11 is 0. The predicted octanol–water partition coefficient (Wildman–Crippen LogP) is 1.33. The Kier molecular flexibility index (Phi) is 3.76. The molecule has 2 fully saturated rings. The minimum absolute atomic E-state index is 0.0208. The van der Waals surface area contributed by atoms with Crippen LogP contribution in [0.2, 0.25) is 0 Å². The van der Waals surface area contributed by atoms with E-state index in [-0.39, 0.29) is 24.0 Å². The van der Waals surface area contributed by atoms with E-state index in [9.17, 15) is 4.79 Å². The molecule has 1 aromatic rings. The van der Waals surface area contributed by atoms with Crippen LogP contribution in [0.4, 0.5) is 0 Å². The number of carbonyl (C=O) groups excluding carboxylic acids is 1. The number of rotatable bonds is 3. The average Bonchev–Trinajstić information content (AvgIpc) is 2.73. The summed E-state index contributed by atoms with van der Waals surface area (Å²) in [4.78, 5) is 14.3. The third-order valence-corrected chi connectivity index (χ3v) is 4.30. The lowest BCUT2D eigenvalue weighted by Crippen LogP contribution is -2.44. The number of aryl methyl sites for hydroxylation is 1. The van der Waals surface area contributed by atoms with Gasteiger partial charge in [-0.1, -0.05) is 29.8 Å². The van der Waals surface area contributed by atoms with Gasteiger partial charge < -0.3 is 10.1 Å². The molecule has 20 heavy (non-hydrogen) atoms. The first-order valence-corrected chi connectivity index (χ1v) is 7.30. The molecule has 2 bridgehead atoms. The molecule has 2 aliphatic heterocycles. The summed E-state index contributed by atoms with van der Waals surface area (Å²) in [5, 5.41) is 2.75. The third-order valence-electron chi connectivity index (χ3n) is 4.30. The molecule has 1 aromatic carbocycles. The van der Waals surface area contributed by atoms with Crippen molar-refractivity contribution in [2.75, 3.05) is 20.1 Å². The molecule has 4 heteroatoms. The Morgan fingerprint density at radius 3 is 3.05 bits per heavy atom.